The molecule has 8 heteroatoms. The lowest BCUT2D eigenvalue weighted by molar-refractivity contribution is -0.134. The van der Waals surface area contributed by atoms with Crippen LogP contribution in [0.4, 0.5) is 0 Å². The number of ether oxygens (including phenoxy) is 1. The molecule has 4 rings (SSSR count). The van der Waals surface area contributed by atoms with Crippen LogP contribution in [-0.2, 0) is 11.8 Å². The lowest BCUT2D eigenvalue weighted by Crippen LogP contribution is -2.50. The summed E-state index contributed by atoms with van der Waals surface area (Å²) in [6, 6.07) is 9.51. The first-order valence-electron chi connectivity index (χ1n) is 11.0. The molecule has 2 atom stereocenters. The zero-order valence-corrected chi connectivity index (χ0v) is 19.5. The molecule has 166 valence electrons. The monoisotopic (exact) mass is 488 g/mol. The maximum Gasteiger partial charge on any atom is 0.272 e. The van der Waals surface area contributed by atoms with Crippen molar-refractivity contribution in [1.29, 1.82) is 0 Å². The number of carbonyl (C=O) groups is 2. The van der Waals surface area contributed by atoms with Gasteiger partial charge in [-0.1, -0.05) is 22.0 Å². The van der Waals surface area contributed by atoms with Gasteiger partial charge in [0, 0.05) is 62.7 Å². The van der Waals surface area contributed by atoms with Gasteiger partial charge in [0.15, 0.2) is 0 Å². The van der Waals surface area contributed by atoms with E-state index in [1.165, 1.54) is 6.42 Å². The molecule has 2 amide bonds. The maximum atomic E-state index is 13.0. The minimum Gasteiger partial charge on any atom is -0.490 e. The number of rotatable bonds is 5. The highest BCUT2D eigenvalue weighted by molar-refractivity contribution is 9.10. The molecule has 0 radical (unpaired) electrons. The molecule has 0 unspecified atom stereocenters. The van der Waals surface area contributed by atoms with Crippen molar-refractivity contribution in [3.05, 3.63) is 46.7 Å². The molecule has 2 fully saturated rings. The van der Waals surface area contributed by atoms with E-state index in [0.29, 0.717) is 31.6 Å². The topological polar surface area (TPSA) is 67.7 Å². The summed E-state index contributed by atoms with van der Waals surface area (Å²) in [5.74, 6) is 0.847. The standard InChI is InChI=1S/C23H29BrN4O3/c1-26-20(8-10-25-26)23(30)28-13-9-21(31-19-7-5-6-18(24)15-19)17(16-28)14-22(29)27-11-3-2-4-12-27/h5-8,10,15,17,21H,2-4,9,11-14,16H2,1H3/t17-,21-/m0/s1. The summed E-state index contributed by atoms with van der Waals surface area (Å²) in [6.45, 7) is 2.76. The molecule has 1 aromatic carbocycles. The Morgan fingerprint density at radius 1 is 1.13 bits per heavy atom. The number of aromatic nitrogens is 2. The largest absolute Gasteiger partial charge is 0.490 e. The van der Waals surface area contributed by atoms with Crippen LogP contribution >= 0.6 is 15.9 Å². The Hall–Kier alpha value is -2.35. The van der Waals surface area contributed by atoms with Gasteiger partial charge >= 0.3 is 0 Å². The van der Waals surface area contributed by atoms with Crippen LogP contribution in [0, 0.1) is 5.92 Å². The van der Waals surface area contributed by atoms with Gasteiger partial charge in [0.25, 0.3) is 5.91 Å². The van der Waals surface area contributed by atoms with E-state index in [0.717, 1.165) is 36.2 Å². The van der Waals surface area contributed by atoms with E-state index in [2.05, 4.69) is 21.0 Å². The minimum absolute atomic E-state index is 0.0451. The Kier molecular flexibility index (Phi) is 6.95. The fourth-order valence-electron chi connectivity index (χ4n) is 4.50. The van der Waals surface area contributed by atoms with Gasteiger partial charge in [-0.15, -0.1) is 0 Å². The summed E-state index contributed by atoms with van der Waals surface area (Å²) in [5.41, 5.74) is 0.562. The normalized spacial score (nSPS) is 21.7. The lowest BCUT2D eigenvalue weighted by Gasteiger charge is -2.39. The third-order valence-corrected chi connectivity index (χ3v) is 6.71. The third kappa shape index (κ3) is 5.29. The van der Waals surface area contributed by atoms with Crippen molar-refractivity contribution in [3.63, 3.8) is 0 Å². The van der Waals surface area contributed by atoms with Gasteiger partial charge in [0.1, 0.15) is 17.5 Å². The molecule has 0 N–H and O–H groups in total. The average Bonchev–Trinajstić information content (AvgIpc) is 3.21. The van der Waals surface area contributed by atoms with Crippen molar-refractivity contribution in [2.24, 2.45) is 13.0 Å². The summed E-state index contributed by atoms with van der Waals surface area (Å²) in [5, 5.41) is 4.12. The predicted molar refractivity (Wildman–Crippen MR) is 121 cm³/mol. The summed E-state index contributed by atoms with van der Waals surface area (Å²) >= 11 is 3.49. The molecule has 0 aliphatic carbocycles. The van der Waals surface area contributed by atoms with Gasteiger partial charge in [-0.2, -0.15) is 5.10 Å². The molecule has 0 spiro atoms. The maximum absolute atomic E-state index is 13.0. The molecule has 3 heterocycles. The highest BCUT2D eigenvalue weighted by Crippen LogP contribution is 2.29. The van der Waals surface area contributed by atoms with Crippen molar-refractivity contribution in [3.8, 4) is 5.75 Å². The van der Waals surface area contributed by atoms with Crippen LogP contribution in [0.3, 0.4) is 0 Å². The number of likely N-dealkylation sites (tertiary alicyclic amines) is 2. The predicted octanol–water partition coefficient (Wildman–Crippen LogP) is 3.49. The second kappa shape index (κ2) is 9.85. The zero-order chi connectivity index (χ0) is 21.8. The van der Waals surface area contributed by atoms with E-state index in [9.17, 15) is 9.59 Å². The Morgan fingerprint density at radius 2 is 1.94 bits per heavy atom. The average molecular weight is 489 g/mol. The minimum atomic E-state index is -0.112. The summed E-state index contributed by atoms with van der Waals surface area (Å²) in [4.78, 5) is 29.9. The van der Waals surface area contributed by atoms with Crippen molar-refractivity contribution in [2.75, 3.05) is 26.2 Å². The number of halogens is 1. The summed E-state index contributed by atoms with van der Waals surface area (Å²) in [7, 11) is 1.77. The van der Waals surface area contributed by atoms with Gasteiger partial charge in [0.2, 0.25) is 5.91 Å². The highest BCUT2D eigenvalue weighted by atomic mass is 79.9. The number of amides is 2. The van der Waals surface area contributed by atoms with E-state index >= 15 is 0 Å². The second-order valence-corrected chi connectivity index (χ2v) is 9.31. The zero-order valence-electron chi connectivity index (χ0n) is 17.9. The smallest absolute Gasteiger partial charge is 0.272 e. The Balaban J connectivity index is 1.49. The van der Waals surface area contributed by atoms with Gasteiger partial charge < -0.3 is 14.5 Å². The Morgan fingerprint density at radius 3 is 2.65 bits per heavy atom. The molecular weight excluding hydrogens is 460 g/mol. The van der Waals surface area contributed by atoms with Crippen LogP contribution in [0.5, 0.6) is 5.75 Å². The van der Waals surface area contributed by atoms with Crippen LogP contribution in [0.2, 0.25) is 0 Å². The summed E-state index contributed by atoms with van der Waals surface area (Å²) < 4.78 is 8.87. The number of hydrogen-bond acceptors (Lipinski definition) is 4. The van der Waals surface area contributed by atoms with Gasteiger partial charge in [-0.05, 0) is 43.5 Å². The number of carbonyl (C=O) groups excluding carboxylic acids is 2. The first kappa shape index (κ1) is 21.9. The van der Waals surface area contributed by atoms with E-state index in [-0.39, 0.29) is 23.8 Å². The molecule has 0 bridgehead atoms. The third-order valence-electron chi connectivity index (χ3n) is 6.22. The number of piperidine rings is 2. The fourth-order valence-corrected chi connectivity index (χ4v) is 4.88. The summed E-state index contributed by atoms with van der Waals surface area (Å²) in [6.07, 6.45) is 5.93. The van der Waals surface area contributed by atoms with Gasteiger partial charge in [-0.3, -0.25) is 14.3 Å². The van der Waals surface area contributed by atoms with E-state index in [4.69, 9.17) is 4.74 Å². The van der Waals surface area contributed by atoms with Crippen LogP contribution in [-0.4, -0.2) is 63.7 Å². The molecule has 2 aromatic rings. The molecule has 2 aliphatic heterocycles. The number of aryl methyl sites for hydroxylation is 1. The van der Waals surface area contributed by atoms with Crippen LogP contribution in [0.1, 0.15) is 42.6 Å². The molecule has 1 aromatic heterocycles. The van der Waals surface area contributed by atoms with Crippen molar-refractivity contribution in [2.45, 2.75) is 38.2 Å². The molecule has 7 nitrogen and oxygen atoms in total. The number of hydrogen-bond donors (Lipinski definition) is 0. The van der Waals surface area contributed by atoms with Crippen LogP contribution in [0.15, 0.2) is 41.0 Å². The van der Waals surface area contributed by atoms with Crippen molar-refractivity contribution >= 4 is 27.7 Å². The Bertz CT molecular complexity index is 925. The Labute approximate surface area is 191 Å². The SMILES string of the molecule is Cn1nccc1C(=O)N1CC[C@H](Oc2cccc(Br)c2)[C@@H](CC(=O)N2CCCCC2)C1. The number of nitrogens with zero attached hydrogens (tertiary/aromatic N) is 4. The fraction of sp³-hybridized carbons (Fsp3) is 0.522. The van der Waals surface area contributed by atoms with E-state index in [1.54, 1.807) is 24.0 Å². The molecular formula is C23H29BrN4O3. The van der Waals surface area contributed by atoms with Crippen LogP contribution in [0.25, 0.3) is 0 Å². The molecule has 2 saturated heterocycles. The second-order valence-electron chi connectivity index (χ2n) is 8.40. The van der Waals surface area contributed by atoms with Crippen molar-refractivity contribution < 1.29 is 14.3 Å². The first-order chi connectivity index (χ1) is 15.0. The molecule has 31 heavy (non-hydrogen) atoms. The highest BCUT2D eigenvalue weighted by Gasteiger charge is 2.36. The lowest BCUT2D eigenvalue weighted by atomic mass is 9.90. The van der Waals surface area contributed by atoms with Crippen LogP contribution < -0.4 is 4.74 Å². The van der Waals surface area contributed by atoms with Crippen molar-refractivity contribution in [1.82, 2.24) is 19.6 Å². The quantitative estimate of drug-likeness (QED) is 0.645. The molecule has 0 saturated carbocycles. The van der Waals surface area contributed by atoms with Gasteiger partial charge in [0.05, 0.1) is 0 Å². The van der Waals surface area contributed by atoms with E-state index in [1.807, 2.05) is 34.1 Å². The van der Waals surface area contributed by atoms with E-state index < -0.39 is 0 Å². The first-order valence-corrected chi connectivity index (χ1v) is 11.8. The van der Waals surface area contributed by atoms with Gasteiger partial charge in [-0.25, -0.2) is 0 Å². The molecule has 2 aliphatic rings. The number of benzene rings is 1.